The second kappa shape index (κ2) is 11.1. The normalized spacial score (nSPS) is 10.9. The van der Waals surface area contributed by atoms with Gasteiger partial charge in [-0.05, 0) is 76.5 Å². The van der Waals surface area contributed by atoms with Gasteiger partial charge in [-0.2, -0.15) is 5.26 Å². The first kappa shape index (κ1) is 23.0. The fourth-order valence-electron chi connectivity index (χ4n) is 2.86. The smallest absolute Gasteiger partial charge is 0.266 e. The van der Waals surface area contributed by atoms with E-state index in [1.807, 2.05) is 13.0 Å². The molecule has 7 heteroatoms. The summed E-state index contributed by atoms with van der Waals surface area (Å²) in [6, 6.07) is 20.3. The maximum Gasteiger partial charge on any atom is 0.266 e. The zero-order valence-electron chi connectivity index (χ0n) is 17.3. The molecule has 0 saturated heterocycles. The first-order valence-electron chi connectivity index (χ1n) is 9.81. The van der Waals surface area contributed by atoms with E-state index < -0.39 is 5.91 Å². The van der Waals surface area contributed by atoms with Crippen LogP contribution in [0.2, 0.25) is 0 Å². The molecule has 3 rings (SSSR count). The third-order valence-electron chi connectivity index (χ3n) is 4.32. The van der Waals surface area contributed by atoms with Gasteiger partial charge in [0, 0.05) is 11.8 Å². The summed E-state index contributed by atoms with van der Waals surface area (Å²) >= 11 is 3.43. The highest BCUT2D eigenvalue weighted by atomic mass is 79.9. The molecular formula is C25H20BrFN2O3. The number of carbonyl (C=O) groups is 1. The number of nitriles is 1. The van der Waals surface area contributed by atoms with E-state index in [9.17, 15) is 14.4 Å². The van der Waals surface area contributed by atoms with Gasteiger partial charge >= 0.3 is 0 Å². The van der Waals surface area contributed by atoms with Gasteiger partial charge < -0.3 is 14.8 Å². The standard InChI is InChI=1S/C25H20BrFN2O3/c1-2-31-22-8-4-7-21(14-22)29-25(30)19(15-28)11-17-9-10-24(23(26)13-17)32-16-18-5-3-6-20(27)12-18/h3-14H,2,16H2,1H3,(H,29,30)/b19-11-. The number of anilines is 1. The minimum absolute atomic E-state index is 0.0489. The van der Waals surface area contributed by atoms with Crippen LogP contribution in [0.1, 0.15) is 18.1 Å². The summed E-state index contributed by atoms with van der Waals surface area (Å²) in [6.45, 7) is 2.59. The van der Waals surface area contributed by atoms with E-state index in [4.69, 9.17) is 9.47 Å². The molecule has 0 atom stereocenters. The summed E-state index contributed by atoms with van der Waals surface area (Å²) in [5.74, 6) is 0.342. The van der Waals surface area contributed by atoms with Gasteiger partial charge in [0.15, 0.2) is 0 Å². The second-order valence-corrected chi connectivity index (χ2v) is 7.55. The van der Waals surface area contributed by atoms with Gasteiger partial charge in [-0.3, -0.25) is 4.79 Å². The number of hydrogen-bond acceptors (Lipinski definition) is 4. The Kier molecular flexibility index (Phi) is 8.01. The van der Waals surface area contributed by atoms with Crippen molar-refractivity contribution in [2.45, 2.75) is 13.5 Å². The van der Waals surface area contributed by atoms with Gasteiger partial charge in [0.05, 0.1) is 11.1 Å². The van der Waals surface area contributed by atoms with Crippen molar-refractivity contribution < 1.29 is 18.7 Å². The van der Waals surface area contributed by atoms with Gasteiger partial charge in [-0.25, -0.2) is 4.39 Å². The molecule has 0 spiro atoms. The third kappa shape index (κ3) is 6.43. The van der Waals surface area contributed by atoms with E-state index in [2.05, 4.69) is 21.2 Å². The fourth-order valence-corrected chi connectivity index (χ4v) is 3.37. The van der Waals surface area contributed by atoms with Crippen LogP contribution in [0.3, 0.4) is 0 Å². The molecule has 32 heavy (non-hydrogen) atoms. The predicted molar refractivity (Wildman–Crippen MR) is 125 cm³/mol. The molecule has 3 aromatic rings. The highest BCUT2D eigenvalue weighted by Gasteiger charge is 2.11. The van der Waals surface area contributed by atoms with Crippen LogP contribution in [0.4, 0.5) is 10.1 Å². The number of rotatable bonds is 8. The lowest BCUT2D eigenvalue weighted by Crippen LogP contribution is -2.13. The summed E-state index contributed by atoms with van der Waals surface area (Å²) in [5.41, 5.74) is 1.83. The predicted octanol–water partition coefficient (Wildman–Crippen LogP) is 6.11. The Morgan fingerprint density at radius 3 is 2.66 bits per heavy atom. The summed E-state index contributed by atoms with van der Waals surface area (Å²) in [5, 5.41) is 12.2. The quantitative estimate of drug-likeness (QED) is 0.302. The molecule has 0 saturated carbocycles. The highest BCUT2D eigenvalue weighted by molar-refractivity contribution is 9.10. The number of halogens is 2. The van der Waals surface area contributed by atoms with Crippen molar-refractivity contribution >= 4 is 33.6 Å². The molecule has 0 heterocycles. The average molecular weight is 495 g/mol. The summed E-state index contributed by atoms with van der Waals surface area (Å²) in [4.78, 5) is 12.5. The van der Waals surface area contributed by atoms with Crippen LogP contribution in [0, 0.1) is 17.1 Å². The molecular weight excluding hydrogens is 475 g/mol. The van der Waals surface area contributed by atoms with Crippen LogP contribution in [0.15, 0.2) is 76.8 Å². The molecule has 0 radical (unpaired) electrons. The van der Waals surface area contributed by atoms with Gasteiger partial charge in [0.1, 0.15) is 35.6 Å². The van der Waals surface area contributed by atoms with Gasteiger partial charge in [0.25, 0.3) is 5.91 Å². The number of carbonyl (C=O) groups excluding carboxylic acids is 1. The lowest BCUT2D eigenvalue weighted by Gasteiger charge is -2.10. The second-order valence-electron chi connectivity index (χ2n) is 6.69. The Morgan fingerprint density at radius 2 is 1.94 bits per heavy atom. The number of amides is 1. The van der Waals surface area contributed by atoms with Crippen LogP contribution < -0.4 is 14.8 Å². The molecule has 3 aromatic carbocycles. The van der Waals surface area contributed by atoms with Crippen molar-refractivity contribution in [3.63, 3.8) is 0 Å². The maximum atomic E-state index is 13.3. The Balaban J connectivity index is 1.70. The zero-order chi connectivity index (χ0) is 22.9. The molecule has 1 N–H and O–H groups in total. The maximum absolute atomic E-state index is 13.3. The number of nitrogens with zero attached hydrogens (tertiary/aromatic N) is 1. The molecule has 0 aliphatic heterocycles. The lowest BCUT2D eigenvalue weighted by atomic mass is 10.1. The van der Waals surface area contributed by atoms with Crippen LogP contribution in [-0.4, -0.2) is 12.5 Å². The van der Waals surface area contributed by atoms with E-state index in [1.165, 1.54) is 18.2 Å². The van der Waals surface area contributed by atoms with Crippen molar-refractivity contribution in [1.29, 1.82) is 5.26 Å². The largest absolute Gasteiger partial charge is 0.494 e. The number of hydrogen-bond donors (Lipinski definition) is 1. The fraction of sp³-hybridized carbons (Fsp3) is 0.120. The lowest BCUT2D eigenvalue weighted by molar-refractivity contribution is -0.112. The molecule has 1 amide bonds. The van der Waals surface area contributed by atoms with Crippen molar-refractivity contribution in [3.05, 3.63) is 93.7 Å². The first-order chi connectivity index (χ1) is 15.5. The Hall–Kier alpha value is -3.63. The van der Waals surface area contributed by atoms with Crippen molar-refractivity contribution in [1.82, 2.24) is 0 Å². The minimum atomic E-state index is -0.524. The molecule has 162 valence electrons. The van der Waals surface area contributed by atoms with Crippen molar-refractivity contribution in [2.75, 3.05) is 11.9 Å². The van der Waals surface area contributed by atoms with E-state index in [0.717, 1.165) is 0 Å². The third-order valence-corrected chi connectivity index (χ3v) is 4.94. The van der Waals surface area contributed by atoms with E-state index in [-0.39, 0.29) is 18.0 Å². The molecule has 0 aliphatic carbocycles. The summed E-state index contributed by atoms with van der Waals surface area (Å²) in [7, 11) is 0. The SMILES string of the molecule is CCOc1cccc(NC(=O)/C(C#N)=C\c2ccc(OCc3cccc(F)c3)c(Br)c2)c1. The molecule has 5 nitrogen and oxygen atoms in total. The van der Waals surface area contributed by atoms with Crippen LogP contribution in [0.25, 0.3) is 6.08 Å². The van der Waals surface area contributed by atoms with Crippen molar-refractivity contribution in [2.24, 2.45) is 0 Å². The molecule has 0 aromatic heterocycles. The Morgan fingerprint density at radius 1 is 1.12 bits per heavy atom. The van der Waals surface area contributed by atoms with Gasteiger partial charge in [-0.1, -0.05) is 24.3 Å². The average Bonchev–Trinajstić information content (AvgIpc) is 2.77. The molecule has 0 bridgehead atoms. The van der Waals surface area contributed by atoms with Gasteiger partial charge in [-0.15, -0.1) is 0 Å². The highest BCUT2D eigenvalue weighted by Crippen LogP contribution is 2.28. The topological polar surface area (TPSA) is 71.3 Å². The van der Waals surface area contributed by atoms with Crippen LogP contribution in [-0.2, 0) is 11.4 Å². The first-order valence-corrected chi connectivity index (χ1v) is 10.6. The summed E-state index contributed by atoms with van der Waals surface area (Å²) in [6.07, 6.45) is 1.49. The monoisotopic (exact) mass is 494 g/mol. The molecule has 0 aliphatic rings. The molecule has 0 unspecified atom stereocenters. The number of ether oxygens (including phenoxy) is 2. The van der Waals surface area contributed by atoms with Crippen LogP contribution in [0.5, 0.6) is 11.5 Å². The van der Waals surface area contributed by atoms with E-state index in [1.54, 1.807) is 54.6 Å². The Bertz CT molecular complexity index is 1190. The number of nitrogens with one attached hydrogen (secondary N) is 1. The summed E-state index contributed by atoms with van der Waals surface area (Å²) < 4.78 is 25.1. The van der Waals surface area contributed by atoms with E-state index in [0.29, 0.717) is 39.4 Å². The zero-order valence-corrected chi connectivity index (χ0v) is 18.9. The van der Waals surface area contributed by atoms with Crippen LogP contribution >= 0.6 is 15.9 Å². The van der Waals surface area contributed by atoms with Crippen molar-refractivity contribution in [3.8, 4) is 17.6 Å². The van der Waals surface area contributed by atoms with Gasteiger partial charge in [0.2, 0.25) is 0 Å². The minimum Gasteiger partial charge on any atom is -0.494 e. The van der Waals surface area contributed by atoms with E-state index >= 15 is 0 Å². The Labute approximate surface area is 194 Å². The molecule has 0 fully saturated rings. The number of benzene rings is 3.